The van der Waals surface area contributed by atoms with Crippen LogP contribution in [0, 0.1) is 19.8 Å². The van der Waals surface area contributed by atoms with E-state index in [0.29, 0.717) is 10.9 Å². The summed E-state index contributed by atoms with van der Waals surface area (Å²) in [5.74, 6) is 1.25. The van der Waals surface area contributed by atoms with Crippen LogP contribution in [0.2, 0.25) is 5.02 Å². The van der Waals surface area contributed by atoms with Crippen molar-refractivity contribution in [2.45, 2.75) is 33.2 Å². The van der Waals surface area contributed by atoms with Crippen molar-refractivity contribution in [1.29, 1.82) is 0 Å². The molecule has 1 aliphatic heterocycles. The molecule has 3 aromatic heterocycles. The number of nitrogens with zero attached hydrogens (tertiary/aromatic N) is 5. The van der Waals surface area contributed by atoms with Crippen molar-refractivity contribution in [3.05, 3.63) is 52.8 Å². The lowest BCUT2D eigenvalue weighted by molar-refractivity contribution is -0.131. The summed E-state index contributed by atoms with van der Waals surface area (Å²) in [5, 5.41) is 8.63. The molecule has 28 heavy (non-hydrogen) atoms. The number of pyridine rings is 1. The van der Waals surface area contributed by atoms with Gasteiger partial charge < -0.3 is 9.42 Å². The number of halogens is 1. The van der Waals surface area contributed by atoms with Gasteiger partial charge in [-0.05, 0) is 44.7 Å². The van der Waals surface area contributed by atoms with Gasteiger partial charge in [0.1, 0.15) is 12.3 Å². The van der Waals surface area contributed by atoms with Gasteiger partial charge in [-0.25, -0.2) is 0 Å². The van der Waals surface area contributed by atoms with Crippen LogP contribution in [-0.2, 0) is 17.8 Å². The number of hydrogen-bond acceptors (Lipinski definition) is 5. The van der Waals surface area contributed by atoms with E-state index in [1.54, 1.807) is 17.1 Å². The van der Waals surface area contributed by atoms with Gasteiger partial charge in [-0.2, -0.15) is 5.10 Å². The average Bonchev–Trinajstić information content (AvgIpc) is 3.37. The van der Waals surface area contributed by atoms with E-state index in [4.69, 9.17) is 21.1 Å². The standard InChI is InChI=1S/C20H22ClN5O2/c1-13-20(14(2)28-24-13)18-5-3-4-17(23-18)8-15-6-7-25(10-15)19(27)12-26-11-16(21)9-22-26/h3-5,9,11,15H,6-8,10,12H2,1-2H3. The maximum absolute atomic E-state index is 12.5. The summed E-state index contributed by atoms with van der Waals surface area (Å²) in [4.78, 5) is 19.2. The predicted octanol–water partition coefficient (Wildman–Crippen LogP) is 3.29. The molecule has 1 fully saturated rings. The van der Waals surface area contributed by atoms with Gasteiger partial charge >= 0.3 is 0 Å². The fourth-order valence-electron chi connectivity index (χ4n) is 3.77. The summed E-state index contributed by atoms with van der Waals surface area (Å²) >= 11 is 5.86. The quantitative estimate of drug-likeness (QED) is 0.657. The molecule has 1 amide bonds. The van der Waals surface area contributed by atoms with Crippen LogP contribution in [0.1, 0.15) is 23.6 Å². The smallest absolute Gasteiger partial charge is 0.244 e. The predicted molar refractivity (Wildman–Crippen MR) is 105 cm³/mol. The number of aryl methyl sites for hydroxylation is 2. The van der Waals surface area contributed by atoms with Crippen molar-refractivity contribution in [1.82, 2.24) is 24.8 Å². The molecule has 0 radical (unpaired) electrons. The monoisotopic (exact) mass is 399 g/mol. The summed E-state index contributed by atoms with van der Waals surface area (Å²) in [6, 6.07) is 6.04. The molecule has 0 spiro atoms. The summed E-state index contributed by atoms with van der Waals surface area (Å²) < 4.78 is 6.84. The van der Waals surface area contributed by atoms with Crippen molar-refractivity contribution in [2.24, 2.45) is 5.92 Å². The van der Waals surface area contributed by atoms with E-state index in [9.17, 15) is 4.79 Å². The molecule has 3 aromatic rings. The molecule has 0 aromatic carbocycles. The molecule has 0 aliphatic carbocycles. The zero-order valence-corrected chi connectivity index (χ0v) is 16.7. The molecule has 1 unspecified atom stereocenters. The number of carbonyl (C=O) groups is 1. The Bertz CT molecular complexity index is 977. The van der Waals surface area contributed by atoms with Crippen LogP contribution in [0.5, 0.6) is 0 Å². The Hall–Kier alpha value is -2.67. The summed E-state index contributed by atoms with van der Waals surface area (Å²) in [6.45, 7) is 5.55. The van der Waals surface area contributed by atoms with Crippen molar-refractivity contribution in [3.63, 3.8) is 0 Å². The SMILES string of the molecule is Cc1noc(C)c1-c1cccc(CC2CCN(C(=O)Cn3cc(Cl)cn3)C2)n1. The molecule has 1 saturated heterocycles. The first-order valence-corrected chi connectivity index (χ1v) is 9.72. The lowest BCUT2D eigenvalue weighted by Gasteiger charge is -2.16. The minimum Gasteiger partial charge on any atom is -0.361 e. The second-order valence-corrected chi connectivity index (χ2v) is 7.70. The zero-order valence-electron chi connectivity index (χ0n) is 15.9. The van der Waals surface area contributed by atoms with Gasteiger partial charge in [0.05, 0.1) is 28.2 Å². The Labute approximate surface area is 168 Å². The highest BCUT2D eigenvalue weighted by Gasteiger charge is 2.27. The summed E-state index contributed by atoms with van der Waals surface area (Å²) in [5.41, 5.74) is 3.72. The van der Waals surface area contributed by atoms with Gasteiger partial charge in [0.25, 0.3) is 0 Å². The highest BCUT2D eigenvalue weighted by Crippen LogP contribution is 2.26. The topological polar surface area (TPSA) is 77.0 Å². The van der Waals surface area contributed by atoms with Crippen LogP contribution < -0.4 is 0 Å². The Balaban J connectivity index is 1.39. The first-order valence-electron chi connectivity index (χ1n) is 9.34. The van der Waals surface area contributed by atoms with Crippen molar-refractivity contribution < 1.29 is 9.32 Å². The number of likely N-dealkylation sites (tertiary alicyclic amines) is 1. The molecule has 4 heterocycles. The maximum atomic E-state index is 12.5. The molecular weight excluding hydrogens is 378 g/mol. The van der Waals surface area contributed by atoms with Crippen LogP contribution in [0.4, 0.5) is 0 Å². The van der Waals surface area contributed by atoms with E-state index >= 15 is 0 Å². The van der Waals surface area contributed by atoms with E-state index in [-0.39, 0.29) is 12.5 Å². The Kier molecular flexibility index (Phi) is 5.17. The van der Waals surface area contributed by atoms with E-state index in [1.165, 1.54) is 0 Å². The molecule has 1 aliphatic rings. The second kappa shape index (κ2) is 7.75. The molecule has 1 atom stereocenters. The first kappa shape index (κ1) is 18.7. The van der Waals surface area contributed by atoms with Gasteiger partial charge in [0.15, 0.2) is 0 Å². The molecule has 0 saturated carbocycles. The highest BCUT2D eigenvalue weighted by molar-refractivity contribution is 6.30. The van der Waals surface area contributed by atoms with Crippen LogP contribution in [0.25, 0.3) is 11.3 Å². The molecular formula is C20H22ClN5O2. The van der Waals surface area contributed by atoms with Gasteiger partial charge in [0.2, 0.25) is 5.91 Å². The third kappa shape index (κ3) is 3.94. The number of hydrogen-bond donors (Lipinski definition) is 0. The number of aromatic nitrogens is 4. The molecule has 0 N–H and O–H groups in total. The lowest BCUT2D eigenvalue weighted by atomic mass is 10.0. The van der Waals surface area contributed by atoms with Gasteiger partial charge in [-0.15, -0.1) is 0 Å². The van der Waals surface area contributed by atoms with Crippen LogP contribution >= 0.6 is 11.6 Å². The Morgan fingerprint density at radius 3 is 2.93 bits per heavy atom. The minimum atomic E-state index is 0.0692. The van der Waals surface area contributed by atoms with Crippen LogP contribution in [0.3, 0.4) is 0 Å². The van der Waals surface area contributed by atoms with Crippen molar-refractivity contribution >= 4 is 17.5 Å². The first-order chi connectivity index (χ1) is 13.5. The highest BCUT2D eigenvalue weighted by atomic mass is 35.5. The number of amides is 1. The van der Waals surface area contributed by atoms with Crippen LogP contribution in [-0.4, -0.2) is 43.8 Å². The Morgan fingerprint density at radius 2 is 2.21 bits per heavy atom. The molecule has 0 bridgehead atoms. The fraction of sp³-hybridized carbons (Fsp3) is 0.400. The largest absolute Gasteiger partial charge is 0.361 e. The van der Waals surface area contributed by atoms with Crippen molar-refractivity contribution in [2.75, 3.05) is 13.1 Å². The molecule has 7 nitrogen and oxygen atoms in total. The summed E-state index contributed by atoms with van der Waals surface area (Å²) in [7, 11) is 0. The fourth-order valence-corrected chi connectivity index (χ4v) is 3.92. The normalized spacial score (nSPS) is 16.7. The van der Waals surface area contributed by atoms with Gasteiger partial charge in [-0.1, -0.05) is 22.8 Å². The average molecular weight is 400 g/mol. The van der Waals surface area contributed by atoms with Gasteiger partial charge in [-0.3, -0.25) is 14.5 Å². The summed E-state index contributed by atoms with van der Waals surface area (Å²) in [6.07, 6.45) is 5.02. The maximum Gasteiger partial charge on any atom is 0.244 e. The minimum absolute atomic E-state index is 0.0692. The third-order valence-electron chi connectivity index (χ3n) is 5.13. The number of rotatable bonds is 5. The second-order valence-electron chi connectivity index (χ2n) is 7.27. The number of carbonyl (C=O) groups excluding carboxylic acids is 1. The van der Waals surface area contributed by atoms with E-state index in [1.807, 2.05) is 36.9 Å². The molecule has 4 rings (SSSR count). The Morgan fingerprint density at radius 1 is 1.36 bits per heavy atom. The van der Waals surface area contributed by atoms with Crippen LogP contribution in [0.15, 0.2) is 35.1 Å². The lowest BCUT2D eigenvalue weighted by Crippen LogP contribution is -2.32. The van der Waals surface area contributed by atoms with E-state index in [0.717, 1.165) is 54.3 Å². The van der Waals surface area contributed by atoms with Crippen molar-refractivity contribution in [3.8, 4) is 11.3 Å². The van der Waals surface area contributed by atoms with E-state index < -0.39 is 0 Å². The third-order valence-corrected chi connectivity index (χ3v) is 5.33. The van der Waals surface area contributed by atoms with E-state index in [2.05, 4.69) is 10.3 Å². The zero-order chi connectivity index (χ0) is 19.7. The van der Waals surface area contributed by atoms with Gasteiger partial charge in [0, 0.05) is 25.0 Å². The molecule has 146 valence electrons. The molecule has 8 heteroatoms.